The van der Waals surface area contributed by atoms with Crippen molar-refractivity contribution in [1.29, 1.82) is 0 Å². The highest BCUT2D eigenvalue weighted by Crippen LogP contribution is 2.16. The van der Waals surface area contributed by atoms with Crippen LogP contribution in [-0.4, -0.2) is 43.0 Å². The smallest absolute Gasteiger partial charge is 0.251 e. The average molecular weight is 476 g/mol. The highest BCUT2D eigenvalue weighted by Gasteiger charge is 2.21. The normalized spacial score (nSPS) is 14.3. The highest BCUT2D eigenvalue weighted by molar-refractivity contribution is 5.97. The zero-order chi connectivity index (χ0) is 24.6. The summed E-state index contributed by atoms with van der Waals surface area (Å²) in [6.45, 7) is 2.93. The molecule has 0 unspecified atom stereocenters. The zero-order valence-electron chi connectivity index (χ0n) is 19.8. The molecule has 0 aromatic heterocycles. The molecular weight excluding hydrogens is 445 g/mol. The molecule has 182 valence electrons. The van der Waals surface area contributed by atoms with Crippen molar-refractivity contribution < 1.29 is 18.7 Å². The minimum absolute atomic E-state index is 0.111. The van der Waals surface area contributed by atoms with Crippen LogP contribution >= 0.6 is 0 Å². The lowest BCUT2D eigenvalue weighted by Gasteiger charge is -2.32. The number of likely N-dealkylation sites (tertiary alicyclic amines) is 1. The van der Waals surface area contributed by atoms with Crippen molar-refractivity contribution in [3.63, 3.8) is 0 Å². The quantitative estimate of drug-likeness (QED) is 0.513. The molecule has 1 aliphatic rings. The summed E-state index contributed by atoms with van der Waals surface area (Å²) in [6, 6.07) is 20.9. The number of amides is 2. The molecule has 1 heterocycles. The number of rotatable bonds is 8. The van der Waals surface area contributed by atoms with E-state index in [1.165, 1.54) is 12.1 Å². The molecule has 0 bridgehead atoms. The second-order valence-corrected chi connectivity index (χ2v) is 8.76. The number of hydrogen-bond acceptors (Lipinski definition) is 4. The first-order chi connectivity index (χ1) is 17.0. The van der Waals surface area contributed by atoms with Crippen LogP contribution in [0.25, 0.3) is 0 Å². The lowest BCUT2D eigenvalue weighted by molar-refractivity contribution is 0.0906. The summed E-state index contributed by atoms with van der Waals surface area (Å²) < 4.78 is 18.2. The van der Waals surface area contributed by atoms with Gasteiger partial charge in [-0.2, -0.15) is 0 Å². The van der Waals surface area contributed by atoms with Crippen molar-refractivity contribution >= 4 is 11.8 Å². The van der Waals surface area contributed by atoms with E-state index in [1.54, 1.807) is 31.4 Å². The third-order valence-corrected chi connectivity index (χ3v) is 6.26. The van der Waals surface area contributed by atoms with Crippen LogP contribution in [0.3, 0.4) is 0 Å². The predicted octanol–water partition coefficient (Wildman–Crippen LogP) is 4.16. The zero-order valence-corrected chi connectivity index (χ0v) is 19.8. The summed E-state index contributed by atoms with van der Waals surface area (Å²) in [6.07, 6.45) is 1.72. The Kier molecular flexibility index (Phi) is 8.11. The maximum Gasteiger partial charge on any atom is 0.251 e. The molecule has 2 amide bonds. The monoisotopic (exact) mass is 475 g/mol. The second-order valence-electron chi connectivity index (χ2n) is 8.76. The molecule has 1 fully saturated rings. The summed E-state index contributed by atoms with van der Waals surface area (Å²) in [4.78, 5) is 27.5. The minimum atomic E-state index is -0.225. The first-order valence-corrected chi connectivity index (χ1v) is 11.8. The molecule has 0 aliphatic carbocycles. The van der Waals surface area contributed by atoms with Crippen molar-refractivity contribution in [2.24, 2.45) is 0 Å². The first-order valence-electron chi connectivity index (χ1n) is 11.8. The molecule has 2 N–H and O–H groups in total. The van der Waals surface area contributed by atoms with Gasteiger partial charge in [-0.3, -0.25) is 14.5 Å². The minimum Gasteiger partial charge on any atom is -0.497 e. The molecule has 35 heavy (non-hydrogen) atoms. The Morgan fingerprint density at radius 2 is 1.43 bits per heavy atom. The summed E-state index contributed by atoms with van der Waals surface area (Å²) in [5.41, 5.74) is 3.09. The van der Waals surface area contributed by atoms with E-state index in [2.05, 4.69) is 15.5 Å². The van der Waals surface area contributed by atoms with Crippen molar-refractivity contribution in [3.05, 3.63) is 101 Å². The van der Waals surface area contributed by atoms with E-state index in [4.69, 9.17) is 4.74 Å². The van der Waals surface area contributed by atoms with Crippen molar-refractivity contribution in [2.75, 3.05) is 20.2 Å². The van der Waals surface area contributed by atoms with Crippen molar-refractivity contribution in [3.8, 4) is 5.75 Å². The Hall–Kier alpha value is -3.71. The van der Waals surface area contributed by atoms with Gasteiger partial charge in [-0.05, 0) is 72.5 Å². The molecule has 0 spiro atoms. The largest absolute Gasteiger partial charge is 0.497 e. The molecule has 0 atom stereocenters. The van der Waals surface area contributed by atoms with Crippen molar-refractivity contribution in [2.45, 2.75) is 32.0 Å². The maximum absolute atomic E-state index is 13.1. The third kappa shape index (κ3) is 6.90. The number of nitrogens with zero attached hydrogens (tertiary/aromatic N) is 1. The summed E-state index contributed by atoms with van der Waals surface area (Å²) >= 11 is 0. The molecule has 0 radical (unpaired) electrons. The van der Waals surface area contributed by atoms with E-state index in [9.17, 15) is 14.0 Å². The summed E-state index contributed by atoms with van der Waals surface area (Å²) in [7, 11) is 1.61. The number of benzene rings is 3. The number of hydrogen-bond donors (Lipinski definition) is 2. The highest BCUT2D eigenvalue weighted by atomic mass is 19.1. The number of halogens is 1. The lowest BCUT2D eigenvalue weighted by Crippen LogP contribution is -2.44. The summed E-state index contributed by atoms with van der Waals surface area (Å²) in [5, 5.41) is 5.99. The molecule has 4 rings (SSSR count). The Morgan fingerprint density at radius 3 is 2.03 bits per heavy atom. The van der Waals surface area contributed by atoms with Crippen LogP contribution in [0.4, 0.5) is 4.39 Å². The fourth-order valence-corrected chi connectivity index (χ4v) is 4.15. The van der Waals surface area contributed by atoms with Gasteiger partial charge in [0.25, 0.3) is 11.8 Å². The molecule has 3 aromatic rings. The van der Waals surface area contributed by atoms with Gasteiger partial charge in [0.1, 0.15) is 11.6 Å². The van der Waals surface area contributed by atoms with E-state index >= 15 is 0 Å². The molecule has 1 saturated heterocycles. The average Bonchev–Trinajstić information content (AvgIpc) is 2.90. The van der Waals surface area contributed by atoms with Gasteiger partial charge in [0, 0.05) is 43.3 Å². The number of nitrogens with one attached hydrogen (secondary N) is 2. The van der Waals surface area contributed by atoms with E-state index in [0.29, 0.717) is 17.7 Å². The van der Waals surface area contributed by atoms with E-state index < -0.39 is 0 Å². The molecule has 7 heteroatoms. The lowest BCUT2D eigenvalue weighted by atomic mass is 10.0. The Labute approximate surface area is 205 Å². The van der Waals surface area contributed by atoms with Crippen LogP contribution < -0.4 is 15.4 Å². The Bertz CT molecular complexity index is 1120. The number of piperidine rings is 1. The van der Waals surface area contributed by atoms with Crippen LogP contribution in [0.15, 0.2) is 72.8 Å². The number of ether oxygens (including phenoxy) is 1. The number of carbonyl (C=O) groups excluding carboxylic acids is 2. The van der Waals surface area contributed by atoms with E-state index in [0.717, 1.165) is 49.4 Å². The van der Waals surface area contributed by atoms with Gasteiger partial charge in [0.2, 0.25) is 0 Å². The van der Waals surface area contributed by atoms with Gasteiger partial charge < -0.3 is 15.4 Å². The topological polar surface area (TPSA) is 70.7 Å². The van der Waals surface area contributed by atoms with Gasteiger partial charge in [-0.1, -0.05) is 24.3 Å². The number of carbonyl (C=O) groups is 2. The van der Waals surface area contributed by atoms with Gasteiger partial charge in [-0.15, -0.1) is 0 Å². The fourth-order valence-electron chi connectivity index (χ4n) is 4.15. The molecule has 6 nitrogen and oxygen atoms in total. The molecule has 1 aliphatic heterocycles. The van der Waals surface area contributed by atoms with Gasteiger partial charge in [0.05, 0.1) is 7.11 Å². The van der Waals surface area contributed by atoms with Crippen LogP contribution in [0.2, 0.25) is 0 Å². The molecular formula is C28H30FN3O3. The van der Waals surface area contributed by atoms with E-state index in [1.807, 2.05) is 36.4 Å². The SMILES string of the molecule is COc1ccc(CNC(=O)c2ccc(C(=O)NC3CCN(Cc4ccc(F)cc4)CC3)cc2)cc1. The number of methoxy groups -OCH3 is 1. The summed E-state index contributed by atoms with van der Waals surface area (Å²) in [5.74, 6) is 0.218. The van der Waals surface area contributed by atoms with Gasteiger partial charge in [-0.25, -0.2) is 4.39 Å². The Morgan fingerprint density at radius 1 is 0.857 bits per heavy atom. The predicted molar refractivity (Wildman–Crippen MR) is 133 cm³/mol. The fraction of sp³-hybridized carbons (Fsp3) is 0.286. The molecule has 0 saturated carbocycles. The van der Waals surface area contributed by atoms with E-state index in [-0.39, 0.29) is 23.7 Å². The second kappa shape index (κ2) is 11.6. The Balaban J connectivity index is 1.22. The standard InChI is InChI=1S/C28H30FN3O3/c1-35-26-12-4-20(5-13-26)18-30-27(33)22-6-8-23(9-7-22)28(34)31-25-14-16-32(17-15-25)19-21-2-10-24(29)11-3-21/h2-13,25H,14-19H2,1H3,(H,30,33)(H,31,34). The van der Waals surface area contributed by atoms with Crippen molar-refractivity contribution in [1.82, 2.24) is 15.5 Å². The maximum atomic E-state index is 13.1. The van der Waals surface area contributed by atoms with Crippen LogP contribution in [-0.2, 0) is 13.1 Å². The van der Waals surface area contributed by atoms with Crippen LogP contribution in [0.5, 0.6) is 5.75 Å². The first kappa shape index (κ1) is 24.4. The van der Waals surface area contributed by atoms with Crippen LogP contribution in [0, 0.1) is 5.82 Å². The third-order valence-electron chi connectivity index (χ3n) is 6.26. The molecule has 3 aromatic carbocycles. The van der Waals surface area contributed by atoms with Crippen LogP contribution in [0.1, 0.15) is 44.7 Å². The van der Waals surface area contributed by atoms with Gasteiger partial charge >= 0.3 is 0 Å². The van der Waals surface area contributed by atoms with Gasteiger partial charge in [0.15, 0.2) is 0 Å².